The zero-order chi connectivity index (χ0) is 16.7. The van der Waals surface area contributed by atoms with Crippen LogP contribution in [0.25, 0.3) is 0 Å². The van der Waals surface area contributed by atoms with Crippen molar-refractivity contribution < 1.29 is 9.18 Å². The molecule has 23 heavy (non-hydrogen) atoms. The van der Waals surface area contributed by atoms with Crippen molar-refractivity contribution in [3.63, 3.8) is 0 Å². The highest BCUT2D eigenvalue weighted by atomic mass is 35.5. The van der Waals surface area contributed by atoms with E-state index in [0.29, 0.717) is 11.6 Å². The van der Waals surface area contributed by atoms with Crippen LogP contribution in [-0.4, -0.2) is 17.6 Å². The highest BCUT2D eigenvalue weighted by Crippen LogP contribution is 2.09. The van der Waals surface area contributed by atoms with E-state index < -0.39 is 11.7 Å². The normalized spacial score (nSPS) is 10.0. The van der Waals surface area contributed by atoms with Gasteiger partial charge in [0, 0.05) is 11.6 Å². The Balaban J connectivity index is 1.72. The van der Waals surface area contributed by atoms with E-state index in [1.54, 1.807) is 6.07 Å². The van der Waals surface area contributed by atoms with Gasteiger partial charge < -0.3 is 5.32 Å². The maximum Gasteiger partial charge on any atom is 0.272 e. The zero-order valence-corrected chi connectivity index (χ0v) is 13.7. The molecule has 0 radical (unpaired) electrons. The number of hydrogen-bond donors (Lipinski definition) is 3. The van der Waals surface area contributed by atoms with Gasteiger partial charge in [0.2, 0.25) is 0 Å². The summed E-state index contributed by atoms with van der Waals surface area (Å²) in [6.07, 6.45) is 0.750. The summed E-state index contributed by atoms with van der Waals surface area (Å²) >= 11 is 10.9. The molecule has 2 aromatic rings. The molecule has 3 N–H and O–H groups in total. The Labute approximate surface area is 144 Å². The summed E-state index contributed by atoms with van der Waals surface area (Å²) in [5.41, 5.74) is 5.94. The fourth-order valence-electron chi connectivity index (χ4n) is 1.84. The van der Waals surface area contributed by atoms with Gasteiger partial charge in [-0.2, -0.15) is 0 Å². The monoisotopic (exact) mass is 351 g/mol. The Bertz CT molecular complexity index is 694. The molecule has 0 fully saturated rings. The van der Waals surface area contributed by atoms with Crippen molar-refractivity contribution in [1.29, 1.82) is 0 Å². The lowest BCUT2D eigenvalue weighted by molar-refractivity contribution is 0.0939. The minimum atomic E-state index is -0.593. The summed E-state index contributed by atoms with van der Waals surface area (Å²) in [4.78, 5) is 11.8. The number of carbonyl (C=O) groups excluding carboxylic acids is 1. The third kappa shape index (κ3) is 5.50. The predicted octanol–water partition coefficient (Wildman–Crippen LogP) is 2.83. The van der Waals surface area contributed by atoms with Gasteiger partial charge in [-0.25, -0.2) is 4.39 Å². The molecule has 1 amide bonds. The van der Waals surface area contributed by atoms with Crippen molar-refractivity contribution in [2.75, 3.05) is 6.54 Å². The molecule has 0 unspecified atom stereocenters. The molecule has 0 bridgehead atoms. The molecule has 0 aromatic heterocycles. The van der Waals surface area contributed by atoms with Crippen molar-refractivity contribution in [2.24, 2.45) is 0 Å². The van der Waals surface area contributed by atoms with Crippen molar-refractivity contribution in [1.82, 2.24) is 16.2 Å². The third-order valence-electron chi connectivity index (χ3n) is 3.02. The van der Waals surface area contributed by atoms with Gasteiger partial charge in [-0.15, -0.1) is 0 Å². The summed E-state index contributed by atoms with van der Waals surface area (Å²) in [6, 6.07) is 13.2. The Morgan fingerprint density at radius 3 is 2.48 bits per heavy atom. The number of rotatable bonds is 4. The number of hydrogen-bond acceptors (Lipinski definition) is 2. The lowest BCUT2D eigenvalue weighted by Crippen LogP contribution is -2.47. The van der Waals surface area contributed by atoms with E-state index in [1.165, 1.54) is 18.2 Å². The number of carbonyl (C=O) groups is 1. The van der Waals surface area contributed by atoms with Gasteiger partial charge in [0.05, 0.1) is 5.56 Å². The summed E-state index contributed by atoms with van der Waals surface area (Å²) in [5.74, 6) is -1.18. The molecule has 0 saturated carbocycles. The van der Waals surface area contributed by atoms with Crippen LogP contribution in [0.15, 0.2) is 48.5 Å². The van der Waals surface area contributed by atoms with E-state index in [9.17, 15) is 9.18 Å². The summed E-state index contributed by atoms with van der Waals surface area (Å²) in [5, 5.41) is 3.89. The SMILES string of the molecule is O=C(NNC(=S)NCCc1ccc(Cl)cc1)c1ccccc1F. The number of nitrogens with one attached hydrogen (secondary N) is 3. The highest BCUT2D eigenvalue weighted by Gasteiger charge is 2.10. The summed E-state index contributed by atoms with van der Waals surface area (Å²) < 4.78 is 13.4. The van der Waals surface area contributed by atoms with Gasteiger partial charge in [-0.1, -0.05) is 35.9 Å². The molecular weight excluding hydrogens is 337 g/mol. The first-order valence-electron chi connectivity index (χ1n) is 6.89. The second-order valence-corrected chi connectivity index (χ2v) is 5.54. The van der Waals surface area contributed by atoms with E-state index in [0.717, 1.165) is 12.0 Å². The Hall–Kier alpha value is -2.18. The predicted molar refractivity (Wildman–Crippen MR) is 92.8 cm³/mol. The number of hydrazine groups is 1. The molecule has 120 valence electrons. The highest BCUT2D eigenvalue weighted by molar-refractivity contribution is 7.80. The minimum Gasteiger partial charge on any atom is -0.361 e. The Morgan fingerprint density at radius 2 is 1.78 bits per heavy atom. The van der Waals surface area contributed by atoms with E-state index >= 15 is 0 Å². The number of amides is 1. The van der Waals surface area contributed by atoms with Crippen molar-refractivity contribution in [3.05, 3.63) is 70.5 Å². The first-order valence-corrected chi connectivity index (χ1v) is 7.68. The van der Waals surface area contributed by atoms with Gasteiger partial charge in [-0.05, 0) is 48.5 Å². The van der Waals surface area contributed by atoms with Gasteiger partial charge in [0.1, 0.15) is 5.82 Å². The first-order chi connectivity index (χ1) is 11.1. The number of halogens is 2. The smallest absolute Gasteiger partial charge is 0.272 e. The molecule has 0 spiro atoms. The summed E-state index contributed by atoms with van der Waals surface area (Å²) in [6.45, 7) is 0.586. The van der Waals surface area contributed by atoms with E-state index in [-0.39, 0.29) is 10.7 Å². The molecule has 4 nitrogen and oxygen atoms in total. The molecule has 0 saturated heterocycles. The largest absolute Gasteiger partial charge is 0.361 e. The molecule has 0 aliphatic carbocycles. The van der Waals surface area contributed by atoms with Crippen LogP contribution >= 0.6 is 23.8 Å². The van der Waals surface area contributed by atoms with Crippen molar-refractivity contribution >= 4 is 34.8 Å². The fraction of sp³-hybridized carbons (Fsp3) is 0.125. The molecule has 0 aliphatic rings. The van der Waals surface area contributed by atoms with Gasteiger partial charge in [-0.3, -0.25) is 15.6 Å². The van der Waals surface area contributed by atoms with Gasteiger partial charge >= 0.3 is 0 Å². The van der Waals surface area contributed by atoms with E-state index in [4.69, 9.17) is 23.8 Å². The molecule has 0 atom stereocenters. The van der Waals surface area contributed by atoms with Crippen molar-refractivity contribution in [3.8, 4) is 0 Å². The molecule has 2 rings (SSSR count). The van der Waals surface area contributed by atoms with Gasteiger partial charge in [0.25, 0.3) is 5.91 Å². The van der Waals surface area contributed by atoms with E-state index in [2.05, 4.69) is 16.2 Å². The molecule has 7 heteroatoms. The number of benzene rings is 2. The minimum absolute atomic E-state index is 0.0519. The number of thiocarbonyl (C=S) groups is 1. The topological polar surface area (TPSA) is 53.2 Å². The van der Waals surface area contributed by atoms with Crippen LogP contribution < -0.4 is 16.2 Å². The van der Waals surface area contributed by atoms with Crippen LogP contribution in [0.5, 0.6) is 0 Å². The van der Waals surface area contributed by atoms with Crippen molar-refractivity contribution in [2.45, 2.75) is 6.42 Å². The fourth-order valence-corrected chi connectivity index (χ4v) is 2.12. The first kappa shape index (κ1) is 17.2. The van der Waals surface area contributed by atoms with Crippen LogP contribution in [0.4, 0.5) is 4.39 Å². The third-order valence-corrected chi connectivity index (χ3v) is 3.52. The maximum atomic E-state index is 13.4. The standard InChI is InChI=1S/C16H15ClFN3OS/c17-12-7-5-11(6-8-12)9-10-19-16(23)21-20-15(22)13-3-1-2-4-14(13)18/h1-8H,9-10H2,(H,20,22)(H2,19,21,23). The van der Waals surface area contributed by atoms with Crippen LogP contribution in [0.3, 0.4) is 0 Å². The average molecular weight is 352 g/mol. The second-order valence-electron chi connectivity index (χ2n) is 4.69. The average Bonchev–Trinajstić information content (AvgIpc) is 2.55. The quantitative estimate of drug-likeness (QED) is 0.585. The lowest BCUT2D eigenvalue weighted by Gasteiger charge is -2.12. The zero-order valence-electron chi connectivity index (χ0n) is 12.1. The molecular formula is C16H15ClFN3OS. The molecule has 0 aliphatic heterocycles. The molecule has 2 aromatic carbocycles. The van der Waals surface area contributed by atoms with Gasteiger partial charge in [0.15, 0.2) is 5.11 Å². The van der Waals surface area contributed by atoms with Crippen LogP contribution in [0.1, 0.15) is 15.9 Å². The van der Waals surface area contributed by atoms with Crippen LogP contribution in [0.2, 0.25) is 5.02 Å². The summed E-state index contributed by atoms with van der Waals surface area (Å²) in [7, 11) is 0. The second kappa shape index (κ2) is 8.45. The van der Waals surface area contributed by atoms with Crippen LogP contribution in [0, 0.1) is 5.82 Å². The molecule has 0 heterocycles. The van der Waals surface area contributed by atoms with E-state index in [1.807, 2.05) is 24.3 Å². The van der Waals surface area contributed by atoms with Crippen LogP contribution in [-0.2, 0) is 6.42 Å². The lowest BCUT2D eigenvalue weighted by atomic mass is 10.1. The Morgan fingerprint density at radius 1 is 1.09 bits per heavy atom. The Kier molecular flexibility index (Phi) is 6.31. The maximum absolute atomic E-state index is 13.4.